The van der Waals surface area contributed by atoms with Crippen LogP contribution in [0.15, 0.2) is 47.1 Å². The van der Waals surface area contributed by atoms with Gasteiger partial charge in [0, 0.05) is 24.8 Å². The van der Waals surface area contributed by atoms with Gasteiger partial charge >= 0.3 is 6.03 Å². The van der Waals surface area contributed by atoms with E-state index in [-0.39, 0.29) is 12.1 Å². The summed E-state index contributed by atoms with van der Waals surface area (Å²) in [5.41, 5.74) is 1.75. The summed E-state index contributed by atoms with van der Waals surface area (Å²) in [6.07, 6.45) is 1.14. The van der Waals surface area contributed by atoms with Crippen LogP contribution in [0.3, 0.4) is 0 Å². The van der Waals surface area contributed by atoms with Gasteiger partial charge in [0.05, 0.1) is 12.9 Å². The van der Waals surface area contributed by atoms with Gasteiger partial charge in [-0.1, -0.05) is 12.1 Å². The van der Waals surface area contributed by atoms with Gasteiger partial charge in [-0.15, -0.1) is 0 Å². The third-order valence-corrected chi connectivity index (χ3v) is 3.51. The van der Waals surface area contributed by atoms with Crippen molar-refractivity contribution >= 4 is 11.7 Å². The summed E-state index contributed by atoms with van der Waals surface area (Å²) in [4.78, 5) is 12.0. The lowest BCUT2D eigenvalue weighted by Gasteiger charge is -2.17. The summed E-state index contributed by atoms with van der Waals surface area (Å²) < 4.78 is 10.5. The summed E-state index contributed by atoms with van der Waals surface area (Å²) in [5, 5.41) is 15.6. The minimum absolute atomic E-state index is 0.206. The van der Waals surface area contributed by atoms with Crippen molar-refractivity contribution in [1.82, 2.24) is 5.32 Å². The van der Waals surface area contributed by atoms with Crippen molar-refractivity contribution in [3.63, 3.8) is 0 Å². The van der Waals surface area contributed by atoms with Gasteiger partial charge < -0.3 is 24.9 Å². The molecule has 0 saturated heterocycles. The number of nitrogens with one attached hydrogen (secondary N) is 2. The number of hydrogen-bond acceptors (Lipinski definition) is 4. The Hall–Kier alpha value is -2.31. The molecule has 130 valence electrons. The molecule has 2 amide bonds. The Morgan fingerprint density at radius 3 is 2.67 bits per heavy atom. The summed E-state index contributed by atoms with van der Waals surface area (Å²) >= 11 is 0. The Morgan fingerprint density at radius 1 is 1.29 bits per heavy atom. The average Bonchev–Trinajstić information content (AvgIpc) is 3.08. The molecule has 0 unspecified atom stereocenters. The fourth-order valence-electron chi connectivity index (χ4n) is 2.29. The van der Waals surface area contributed by atoms with Crippen molar-refractivity contribution in [3.8, 4) is 0 Å². The van der Waals surface area contributed by atoms with E-state index < -0.39 is 6.10 Å². The normalized spacial score (nSPS) is 13.3. The number of furan rings is 1. The molecule has 1 aromatic heterocycles. The second kappa shape index (κ2) is 9.10. The van der Waals surface area contributed by atoms with Crippen LogP contribution >= 0.6 is 0 Å². The van der Waals surface area contributed by atoms with Crippen LogP contribution in [0, 0.1) is 0 Å². The first-order valence-corrected chi connectivity index (χ1v) is 8.04. The third kappa shape index (κ3) is 5.72. The van der Waals surface area contributed by atoms with E-state index in [1.807, 2.05) is 38.1 Å². The molecule has 0 aliphatic rings. The Kier molecular flexibility index (Phi) is 6.84. The van der Waals surface area contributed by atoms with E-state index in [2.05, 4.69) is 10.6 Å². The van der Waals surface area contributed by atoms with Gasteiger partial charge in [-0.25, -0.2) is 4.79 Å². The molecule has 0 radical (unpaired) electrons. The molecule has 6 nitrogen and oxygen atoms in total. The van der Waals surface area contributed by atoms with E-state index in [1.54, 1.807) is 12.1 Å². The van der Waals surface area contributed by atoms with Crippen molar-refractivity contribution in [2.45, 2.75) is 39.0 Å². The fourth-order valence-corrected chi connectivity index (χ4v) is 2.29. The van der Waals surface area contributed by atoms with Crippen LogP contribution in [0.25, 0.3) is 0 Å². The van der Waals surface area contributed by atoms with E-state index in [0.29, 0.717) is 31.1 Å². The lowest BCUT2D eigenvalue weighted by atomic mass is 10.1. The average molecular weight is 332 g/mol. The topological polar surface area (TPSA) is 83.7 Å². The first-order chi connectivity index (χ1) is 11.6. The third-order valence-electron chi connectivity index (χ3n) is 3.51. The maximum absolute atomic E-state index is 12.0. The van der Waals surface area contributed by atoms with Crippen molar-refractivity contribution in [2.24, 2.45) is 0 Å². The number of carbonyl (C=O) groups is 1. The largest absolute Gasteiger partial charge is 0.467 e. The molecule has 24 heavy (non-hydrogen) atoms. The van der Waals surface area contributed by atoms with Crippen LogP contribution in [0.1, 0.15) is 37.7 Å². The molecular formula is C18H24N2O4. The number of hydrogen-bond donors (Lipinski definition) is 3. The van der Waals surface area contributed by atoms with Crippen LogP contribution < -0.4 is 10.6 Å². The Balaban J connectivity index is 1.77. The number of urea groups is 1. The monoisotopic (exact) mass is 332 g/mol. The molecule has 1 heterocycles. The van der Waals surface area contributed by atoms with Gasteiger partial charge in [-0.2, -0.15) is 0 Å². The van der Waals surface area contributed by atoms with Gasteiger partial charge in [-0.3, -0.25) is 0 Å². The van der Waals surface area contributed by atoms with Crippen LogP contribution in [-0.4, -0.2) is 23.8 Å². The number of aliphatic hydroxyl groups excluding tert-OH is 1. The van der Waals surface area contributed by atoms with Crippen LogP contribution in [0.5, 0.6) is 0 Å². The highest BCUT2D eigenvalue weighted by Crippen LogP contribution is 2.18. The molecule has 0 saturated carbocycles. The highest BCUT2D eigenvalue weighted by Gasteiger charge is 2.16. The van der Waals surface area contributed by atoms with Gasteiger partial charge in [-0.05, 0) is 43.7 Å². The minimum atomic E-state index is -0.742. The lowest BCUT2D eigenvalue weighted by molar-refractivity contribution is 0.130. The number of carbonyl (C=O) groups excluding carboxylic acids is 1. The molecule has 0 aliphatic heterocycles. The summed E-state index contributed by atoms with van der Waals surface area (Å²) in [6, 6.07) is 10.4. The van der Waals surface area contributed by atoms with Crippen LogP contribution in [0.2, 0.25) is 0 Å². The number of ether oxygens (including phenoxy) is 1. The Labute approximate surface area is 141 Å². The van der Waals surface area contributed by atoms with Gasteiger partial charge in [0.1, 0.15) is 11.9 Å². The van der Waals surface area contributed by atoms with E-state index in [9.17, 15) is 9.90 Å². The van der Waals surface area contributed by atoms with Crippen molar-refractivity contribution in [3.05, 3.63) is 54.0 Å². The minimum Gasteiger partial charge on any atom is -0.467 e. The molecule has 1 aromatic carbocycles. The van der Waals surface area contributed by atoms with Gasteiger partial charge in [0.25, 0.3) is 0 Å². The predicted molar refractivity (Wildman–Crippen MR) is 91.7 cm³/mol. The number of anilines is 1. The zero-order valence-corrected chi connectivity index (χ0v) is 14.0. The first kappa shape index (κ1) is 18.0. The Bertz CT molecular complexity index is 610. The van der Waals surface area contributed by atoms with E-state index in [4.69, 9.17) is 9.15 Å². The standard InChI is InChI=1S/C18H24N2O4/c1-3-23-12-14-6-8-15(9-7-14)20-18(22)19-13(2)11-16(21)17-5-4-10-24-17/h4-10,13,16,21H,3,11-12H2,1-2H3,(H2,19,20,22)/t13-,16-/m1/s1. The molecule has 2 aromatic rings. The molecule has 0 bridgehead atoms. The zero-order chi connectivity index (χ0) is 17.4. The molecular weight excluding hydrogens is 308 g/mol. The quantitative estimate of drug-likeness (QED) is 0.691. The number of rotatable bonds is 8. The second-order valence-electron chi connectivity index (χ2n) is 5.60. The molecule has 0 aliphatic carbocycles. The van der Waals surface area contributed by atoms with Crippen molar-refractivity contribution < 1.29 is 19.1 Å². The second-order valence-corrected chi connectivity index (χ2v) is 5.60. The summed E-state index contributed by atoms with van der Waals surface area (Å²) in [6.45, 7) is 5.01. The van der Waals surface area contributed by atoms with Crippen molar-refractivity contribution in [1.29, 1.82) is 0 Å². The molecule has 3 N–H and O–H groups in total. The number of aliphatic hydroxyl groups is 1. The van der Waals surface area contributed by atoms with E-state index >= 15 is 0 Å². The van der Waals surface area contributed by atoms with E-state index in [1.165, 1.54) is 6.26 Å². The Morgan fingerprint density at radius 2 is 2.04 bits per heavy atom. The summed E-state index contributed by atoms with van der Waals surface area (Å²) in [7, 11) is 0. The molecule has 0 fully saturated rings. The molecule has 2 atom stereocenters. The maximum Gasteiger partial charge on any atom is 0.319 e. The first-order valence-electron chi connectivity index (χ1n) is 8.04. The number of amides is 2. The molecule has 6 heteroatoms. The van der Waals surface area contributed by atoms with Crippen molar-refractivity contribution in [2.75, 3.05) is 11.9 Å². The van der Waals surface area contributed by atoms with Gasteiger partial charge in [0.15, 0.2) is 0 Å². The fraction of sp³-hybridized carbons (Fsp3) is 0.389. The predicted octanol–water partition coefficient (Wildman–Crippen LogP) is 3.45. The smallest absolute Gasteiger partial charge is 0.319 e. The highest BCUT2D eigenvalue weighted by atomic mass is 16.5. The van der Waals surface area contributed by atoms with Crippen LogP contribution in [-0.2, 0) is 11.3 Å². The zero-order valence-electron chi connectivity index (χ0n) is 14.0. The SMILES string of the molecule is CCOCc1ccc(NC(=O)N[C@H](C)C[C@@H](O)c2ccco2)cc1. The van der Waals surface area contributed by atoms with E-state index in [0.717, 1.165) is 5.56 Å². The number of benzene rings is 1. The highest BCUT2D eigenvalue weighted by molar-refractivity contribution is 5.89. The van der Waals surface area contributed by atoms with Crippen LogP contribution in [0.4, 0.5) is 10.5 Å². The summed E-state index contributed by atoms with van der Waals surface area (Å²) in [5.74, 6) is 0.494. The lowest BCUT2D eigenvalue weighted by Crippen LogP contribution is -2.37. The molecule has 0 spiro atoms. The van der Waals surface area contributed by atoms with Gasteiger partial charge in [0.2, 0.25) is 0 Å². The molecule has 2 rings (SSSR count). The maximum atomic E-state index is 12.0.